The molecule has 0 heterocycles. The minimum Gasteiger partial charge on any atom is -0.395 e. The summed E-state index contributed by atoms with van der Waals surface area (Å²) in [6, 6.07) is 24.5. The highest BCUT2D eigenvalue weighted by Crippen LogP contribution is 2.31. The Morgan fingerprint density at radius 2 is 1.29 bits per heavy atom. The molecule has 0 spiro atoms. The molecule has 6 N–H and O–H groups in total. The van der Waals surface area contributed by atoms with Crippen molar-refractivity contribution in [2.45, 2.75) is 56.2 Å². The minimum atomic E-state index is -1.90. The molecule has 0 fully saturated rings. The average molecular weight is 565 g/mol. The van der Waals surface area contributed by atoms with E-state index in [1.165, 1.54) is 0 Å². The van der Waals surface area contributed by atoms with Crippen LogP contribution in [-0.2, 0) is 38.7 Å². The van der Waals surface area contributed by atoms with Crippen LogP contribution in [0.2, 0.25) is 0 Å². The lowest BCUT2D eigenvalue weighted by Crippen LogP contribution is -2.56. The summed E-state index contributed by atoms with van der Waals surface area (Å²) in [7, 11) is 0. The Kier molecular flexibility index (Phi) is 11.0. The number of hydrogen-bond acceptors (Lipinski definition) is 8. The molecule has 41 heavy (non-hydrogen) atoms. The van der Waals surface area contributed by atoms with Crippen LogP contribution in [0.15, 0.2) is 84.9 Å². The third kappa shape index (κ3) is 7.98. The zero-order valence-electron chi connectivity index (χ0n) is 22.5. The van der Waals surface area contributed by atoms with Gasteiger partial charge < -0.3 is 40.5 Å². The number of carbonyl (C=O) groups excluding carboxylic acids is 2. The molecule has 0 radical (unpaired) electrons. The van der Waals surface area contributed by atoms with E-state index in [0.717, 1.165) is 22.3 Å². The lowest BCUT2D eigenvalue weighted by molar-refractivity contribution is -0.171. The monoisotopic (exact) mass is 564 g/mol. The highest BCUT2D eigenvalue weighted by atomic mass is 16.5. The molecule has 4 rings (SSSR count). The number of hydrogen-bond donors (Lipinski definition) is 6. The van der Waals surface area contributed by atoms with E-state index >= 15 is 0 Å². The fourth-order valence-corrected chi connectivity index (χ4v) is 4.80. The first-order valence-corrected chi connectivity index (χ1v) is 13.5. The predicted octanol–water partition coefficient (Wildman–Crippen LogP) is 0.762. The van der Waals surface area contributed by atoms with E-state index in [1.807, 2.05) is 24.3 Å². The number of fused-ring (bicyclic) bond motifs is 1. The van der Waals surface area contributed by atoms with Crippen LogP contribution in [0, 0.1) is 0 Å². The first-order chi connectivity index (χ1) is 19.9. The Morgan fingerprint density at radius 1 is 0.780 bits per heavy atom. The molecule has 6 atom stereocenters. The molecule has 2 amide bonds. The van der Waals surface area contributed by atoms with Crippen LogP contribution < -0.4 is 10.6 Å². The molecule has 3 aromatic rings. The number of aliphatic hydroxyl groups is 4. The number of amides is 2. The maximum absolute atomic E-state index is 13.6. The number of benzene rings is 3. The first kappa shape index (κ1) is 30.3. The van der Waals surface area contributed by atoms with Gasteiger partial charge in [0.2, 0.25) is 0 Å². The van der Waals surface area contributed by atoms with E-state index in [4.69, 9.17) is 14.6 Å². The van der Waals surface area contributed by atoms with Crippen molar-refractivity contribution < 1.29 is 39.5 Å². The first-order valence-electron chi connectivity index (χ1n) is 13.5. The second kappa shape index (κ2) is 14.8. The van der Waals surface area contributed by atoms with Gasteiger partial charge in [0.15, 0.2) is 12.2 Å². The molecular weight excluding hydrogens is 528 g/mol. The maximum atomic E-state index is 13.6. The van der Waals surface area contributed by atoms with Crippen LogP contribution in [-0.4, -0.2) is 75.9 Å². The molecule has 0 unspecified atom stereocenters. The third-order valence-corrected chi connectivity index (χ3v) is 6.94. The number of rotatable bonds is 14. The molecule has 0 bridgehead atoms. The highest BCUT2D eigenvalue weighted by Gasteiger charge is 2.42. The van der Waals surface area contributed by atoms with E-state index in [0.29, 0.717) is 6.42 Å². The molecule has 10 heteroatoms. The van der Waals surface area contributed by atoms with Crippen LogP contribution in [0.25, 0.3) is 0 Å². The highest BCUT2D eigenvalue weighted by molar-refractivity contribution is 5.84. The maximum Gasteiger partial charge on any atom is 0.252 e. The Morgan fingerprint density at radius 3 is 1.85 bits per heavy atom. The summed E-state index contributed by atoms with van der Waals surface area (Å²) in [4.78, 5) is 26.5. The number of nitrogens with one attached hydrogen (secondary N) is 2. The Hall–Kier alpha value is -3.64. The lowest BCUT2D eigenvalue weighted by atomic mass is 10.00. The second-order valence-corrected chi connectivity index (χ2v) is 9.89. The predicted molar refractivity (Wildman–Crippen MR) is 149 cm³/mol. The van der Waals surface area contributed by atoms with Gasteiger partial charge in [-0.05, 0) is 22.3 Å². The fraction of sp³-hybridized carbons (Fsp3) is 0.355. The van der Waals surface area contributed by atoms with E-state index in [-0.39, 0.29) is 26.4 Å². The van der Waals surface area contributed by atoms with Gasteiger partial charge in [0.1, 0.15) is 12.2 Å². The SMILES string of the molecule is O=C(NCCO)[C@H](OCc1ccccc1)[C@H](O)[C@@H](O)[C@@H](OCc1ccccc1)C(=O)N[C@H]1c2ccccc2C[C@H]1O. The van der Waals surface area contributed by atoms with Crippen molar-refractivity contribution in [2.75, 3.05) is 13.2 Å². The largest absolute Gasteiger partial charge is 0.395 e. The molecule has 0 aliphatic heterocycles. The molecule has 1 aliphatic rings. The van der Waals surface area contributed by atoms with E-state index < -0.39 is 48.4 Å². The molecule has 3 aromatic carbocycles. The summed E-state index contributed by atoms with van der Waals surface area (Å²) < 4.78 is 11.6. The fourth-order valence-electron chi connectivity index (χ4n) is 4.80. The van der Waals surface area contributed by atoms with Gasteiger partial charge in [-0.25, -0.2) is 0 Å². The van der Waals surface area contributed by atoms with Crippen LogP contribution in [0.1, 0.15) is 28.3 Å². The van der Waals surface area contributed by atoms with Gasteiger partial charge in [-0.15, -0.1) is 0 Å². The molecule has 1 aliphatic carbocycles. The number of carbonyl (C=O) groups is 2. The van der Waals surface area contributed by atoms with Crippen LogP contribution in [0.4, 0.5) is 0 Å². The van der Waals surface area contributed by atoms with Gasteiger partial charge >= 0.3 is 0 Å². The van der Waals surface area contributed by atoms with Crippen LogP contribution in [0.5, 0.6) is 0 Å². The van der Waals surface area contributed by atoms with Gasteiger partial charge in [-0.1, -0.05) is 84.9 Å². The Labute approximate surface area is 238 Å². The zero-order valence-corrected chi connectivity index (χ0v) is 22.5. The van der Waals surface area contributed by atoms with E-state index in [2.05, 4.69) is 10.6 Å². The van der Waals surface area contributed by atoms with Gasteiger partial charge in [-0.3, -0.25) is 9.59 Å². The average Bonchev–Trinajstić information content (AvgIpc) is 3.31. The van der Waals surface area contributed by atoms with Crippen molar-refractivity contribution in [2.24, 2.45) is 0 Å². The minimum absolute atomic E-state index is 0.0609. The van der Waals surface area contributed by atoms with Crippen molar-refractivity contribution >= 4 is 11.8 Å². The molecule has 218 valence electrons. The second-order valence-electron chi connectivity index (χ2n) is 9.89. The third-order valence-electron chi connectivity index (χ3n) is 6.94. The summed E-state index contributed by atoms with van der Waals surface area (Å²) in [6.45, 7) is -0.570. The summed E-state index contributed by atoms with van der Waals surface area (Å²) in [5.41, 5.74) is 3.08. The summed E-state index contributed by atoms with van der Waals surface area (Å²) in [5.74, 6) is -1.55. The van der Waals surface area contributed by atoms with Crippen molar-refractivity contribution in [1.82, 2.24) is 10.6 Å². The van der Waals surface area contributed by atoms with Crippen LogP contribution >= 0.6 is 0 Å². The summed E-state index contributed by atoms with van der Waals surface area (Å²) in [5, 5.41) is 47.5. The van der Waals surface area contributed by atoms with E-state index in [1.54, 1.807) is 60.7 Å². The molecule has 0 saturated heterocycles. The summed E-state index contributed by atoms with van der Waals surface area (Å²) in [6.07, 6.45) is -7.54. The standard InChI is InChI=1S/C31H36N2O8/c34-16-15-32-30(38)28(40-18-20-9-3-1-4-10-20)26(36)27(37)29(41-19-21-11-5-2-6-12-21)31(39)33-25-23-14-8-7-13-22(23)17-24(25)35/h1-14,24-29,34-37H,15-19H2,(H,32,38)(H,33,39)/t24-,25+,26-,27-,28-,29-/m1/s1. The normalized spacial score (nSPS) is 19.0. The van der Waals surface area contributed by atoms with Crippen molar-refractivity contribution in [1.29, 1.82) is 0 Å². The lowest BCUT2D eigenvalue weighted by Gasteiger charge is -2.31. The molecular formula is C31H36N2O8. The van der Waals surface area contributed by atoms with Gasteiger partial charge in [0.05, 0.1) is 32.0 Å². The molecule has 0 saturated carbocycles. The van der Waals surface area contributed by atoms with Gasteiger partial charge in [0.25, 0.3) is 11.8 Å². The van der Waals surface area contributed by atoms with Gasteiger partial charge in [0, 0.05) is 13.0 Å². The Bertz CT molecular complexity index is 1260. The van der Waals surface area contributed by atoms with Crippen molar-refractivity contribution in [3.8, 4) is 0 Å². The quantitative estimate of drug-likeness (QED) is 0.168. The smallest absolute Gasteiger partial charge is 0.252 e. The topological polar surface area (TPSA) is 158 Å². The van der Waals surface area contributed by atoms with Crippen LogP contribution in [0.3, 0.4) is 0 Å². The Balaban J connectivity index is 1.55. The molecule has 0 aromatic heterocycles. The van der Waals surface area contributed by atoms with Crippen molar-refractivity contribution in [3.05, 3.63) is 107 Å². The number of ether oxygens (including phenoxy) is 2. The molecule has 10 nitrogen and oxygen atoms in total. The number of aliphatic hydroxyl groups excluding tert-OH is 4. The van der Waals surface area contributed by atoms with E-state index in [9.17, 15) is 24.9 Å². The van der Waals surface area contributed by atoms with Gasteiger partial charge in [-0.2, -0.15) is 0 Å². The summed E-state index contributed by atoms with van der Waals surface area (Å²) >= 11 is 0. The zero-order chi connectivity index (χ0) is 29.2. The van der Waals surface area contributed by atoms with Crippen molar-refractivity contribution in [3.63, 3.8) is 0 Å².